The van der Waals surface area contributed by atoms with Gasteiger partial charge in [-0.05, 0) is 39.0 Å². The standard InChI is InChI=1S/C16H29NO2/c1-3-5-7-13-10-11-14-8-6-9-15(17(13)14)12-16(18)19-4-2/h13-15H,3-12H2,1-2H3/t13-,14-,15+/m1/s1. The number of nitrogens with zero attached hydrogens (tertiary/aromatic N) is 1. The zero-order chi connectivity index (χ0) is 13.7. The summed E-state index contributed by atoms with van der Waals surface area (Å²) in [4.78, 5) is 14.5. The highest BCUT2D eigenvalue weighted by Crippen LogP contribution is 2.38. The van der Waals surface area contributed by atoms with E-state index in [9.17, 15) is 4.79 Å². The third-order valence-electron chi connectivity index (χ3n) is 4.77. The molecule has 2 heterocycles. The Kier molecular flexibility index (Phi) is 5.68. The van der Waals surface area contributed by atoms with Crippen LogP contribution in [0.3, 0.4) is 0 Å². The predicted octanol–water partition coefficient (Wildman–Crippen LogP) is 3.52. The Bertz CT molecular complexity index is 292. The predicted molar refractivity (Wildman–Crippen MR) is 77.1 cm³/mol. The van der Waals surface area contributed by atoms with E-state index in [1.807, 2.05) is 6.92 Å². The van der Waals surface area contributed by atoms with Crippen molar-refractivity contribution in [3.8, 4) is 0 Å². The van der Waals surface area contributed by atoms with Crippen molar-refractivity contribution >= 4 is 5.97 Å². The van der Waals surface area contributed by atoms with Crippen molar-refractivity contribution in [3.05, 3.63) is 0 Å². The zero-order valence-corrected chi connectivity index (χ0v) is 12.6. The summed E-state index contributed by atoms with van der Waals surface area (Å²) >= 11 is 0. The van der Waals surface area contributed by atoms with E-state index in [0.717, 1.165) is 12.1 Å². The number of carbonyl (C=O) groups is 1. The molecule has 0 spiro atoms. The average Bonchev–Trinajstić information content (AvgIpc) is 2.81. The summed E-state index contributed by atoms with van der Waals surface area (Å²) in [7, 11) is 0. The van der Waals surface area contributed by atoms with E-state index in [4.69, 9.17) is 4.74 Å². The molecule has 0 bridgehead atoms. The Morgan fingerprint density at radius 1 is 1.16 bits per heavy atom. The molecule has 3 nitrogen and oxygen atoms in total. The van der Waals surface area contributed by atoms with Crippen LogP contribution in [0, 0.1) is 0 Å². The van der Waals surface area contributed by atoms with Gasteiger partial charge in [0.2, 0.25) is 0 Å². The van der Waals surface area contributed by atoms with Gasteiger partial charge in [-0.15, -0.1) is 0 Å². The molecule has 2 fully saturated rings. The smallest absolute Gasteiger partial charge is 0.307 e. The maximum atomic E-state index is 11.8. The second-order valence-electron chi connectivity index (χ2n) is 6.07. The number of ether oxygens (including phenoxy) is 1. The molecule has 0 aromatic rings. The maximum absolute atomic E-state index is 11.8. The number of hydrogen-bond donors (Lipinski definition) is 0. The lowest BCUT2D eigenvalue weighted by Gasteiger charge is -2.41. The number of piperidine rings is 1. The molecule has 110 valence electrons. The Hall–Kier alpha value is -0.570. The maximum Gasteiger partial charge on any atom is 0.307 e. The Labute approximate surface area is 117 Å². The minimum absolute atomic E-state index is 0.00529. The molecule has 3 heteroatoms. The summed E-state index contributed by atoms with van der Waals surface area (Å²) < 4.78 is 5.14. The van der Waals surface area contributed by atoms with Crippen molar-refractivity contribution < 1.29 is 9.53 Å². The topological polar surface area (TPSA) is 29.5 Å². The van der Waals surface area contributed by atoms with Gasteiger partial charge in [-0.3, -0.25) is 9.69 Å². The fraction of sp³-hybridized carbons (Fsp3) is 0.938. The molecule has 19 heavy (non-hydrogen) atoms. The van der Waals surface area contributed by atoms with Crippen LogP contribution in [0.2, 0.25) is 0 Å². The number of esters is 1. The Morgan fingerprint density at radius 3 is 2.74 bits per heavy atom. The van der Waals surface area contributed by atoms with Crippen molar-refractivity contribution in [1.29, 1.82) is 0 Å². The van der Waals surface area contributed by atoms with Crippen LogP contribution < -0.4 is 0 Å². The number of rotatable bonds is 6. The van der Waals surface area contributed by atoms with Crippen molar-refractivity contribution in [2.24, 2.45) is 0 Å². The second-order valence-corrected chi connectivity index (χ2v) is 6.07. The molecular weight excluding hydrogens is 238 g/mol. The molecule has 0 saturated carbocycles. The summed E-state index contributed by atoms with van der Waals surface area (Å²) in [5.41, 5.74) is 0. The average molecular weight is 267 g/mol. The van der Waals surface area contributed by atoms with Gasteiger partial charge in [0.15, 0.2) is 0 Å². The van der Waals surface area contributed by atoms with Gasteiger partial charge in [0, 0.05) is 18.1 Å². The lowest BCUT2D eigenvalue weighted by Crippen LogP contribution is -2.48. The highest BCUT2D eigenvalue weighted by Gasteiger charge is 2.40. The molecule has 0 aromatic heterocycles. The zero-order valence-electron chi connectivity index (χ0n) is 12.6. The third kappa shape index (κ3) is 3.71. The molecule has 2 aliphatic heterocycles. The summed E-state index contributed by atoms with van der Waals surface area (Å²) in [6, 6.07) is 1.92. The van der Waals surface area contributed by atoms with Crippen LogP contribution in [0.15, 0.2) is 0 Å². The molecule has 0 N–H and O–H groups in total. The molecule has 0 aromatic carbocycles. The van der Waals surface area contributed by atoms with Gasteiger partial charge in [0.25, 0.3) is 0 Å². The summed E-state index contributed by atoms with van der Waals surface area (Å²) in [5.74, 6) is -0.00529. The Morgan fingerprint density at radius 2 is 2.00 bits per heavy atom. The lowest BCUT2D eigenvalue weighted by atomic mass is 9.94. The minimum atomic E-state index is -0.00529. The van der Waals surface area contributed by atoms with E-state index in [-0.39, 0.29) is 5.97 Å². The first-order chi connectivity index (χ1) is 9.26. The van der Waals surface area contributed by atoms with Crippen LogP contribution >= 0.6 is 0 Å². The van der Waals surface area contributed by atoms with Gasteiger partial charge in [-0.25, -0.2) is 0 Å². The van der Waals surface area contributed by atoms with Gasteiger partial charge in [0.05, 0.1) is 13.0 Å². The van der Waals surface area contributed by atoms with E-state index in [1.165, 1.54) is 51.4 Å². The van der Waals surface area contributed by atoms with Crippen molar-refractivity contribution in [2.45, 2.75) is 89.8 Å². The fourth-order valence-electron chi connectivity index (χ4n) is 3.96. The SMILES string of the molecule is CCCC[C@@H]1CC[C@H]2CCC[C@@H](CC(=O)OCC)N12. The molecule has 0 radical (unpaired) electrons. The van der Waals surface area contributed by atoms with Crippen LogP contribution in [0.25, 0.3) is 0 Å². The first kappa shape index (κ1) is 14.8. The lowest BCUT2D eigenvalue weighted by molar-refractivity contribution is -0.145. The minimum Gasteiger partial charge on any atom is -0.466 e. The Balaban J connectivity index is 1.94. The van der Waals surface area contributed by atoms with Crippen molar-refractivity contribution in [1.82, 2.24) is 4.90 Å². The van der Waals surface area contributed by atoms with E-state index in [1.54, 1.807) is 0 Å². The number of carbonyl (C=O) groups excluding carboxylic acids is 1. The molecule has 2 saturated heterocycles. The van der Waals surface area contributed by atoms with Crippen LogP contribution in [0.4, 0.5) is 0 Å². The van der Waals surface area contributed by atoms with E-state index in [0.29, 0.717) is 19.1 Å². The molecule has 0 unspecified atom stereocenters. The summed E-state index contributed by atoms with van der Waals surface area (Å²) in [6.07, 6.45) is 11.0. The molecule has 3 atom stereocenters. The summed E-state index contributed by atoms with van der Waals surface area (Å²) in [5, 5.41) is 0. The monoisotopic (exact) mass is 267 g/mol. The van der Waals surface area contributed by atoms with Gasteiger partial charge >= 0.3 is 5.97 Å². The first-order valence-electron chi connectivity index (χ1n) is 8.19. The highest BCUT2D eigenvalue weighted by atomic mass is 16.5. The number of hydrogen-bond acceptors (Lipinski definition) is 3. The van der Waals surface area contributed by atoms with E-state index < -0.39 is 0 Å². The molecule has 2 rings (SSSR count). The highest BCUT2D eigenvalue weighted by molar-refractivity contribution is 5.70. The normalized spacial score (nSPS) is 31.2. The van der Waals surface area contributed by atoms with Gasteiger partial charge < -0.3 is 4.74 Å². The third-order valence-corrected chi connectivity index (χ3v) is 4.77. The van der Waals surface area contributed by atoms with Crippen LogP contribution in [-0.2, 0) is 9.53 Å². The van der Waals surface area contributed by atoms with Crippen LogP contribution in [0.5, 0.6) is 0 Å². The molecule has 0 aliphatic carbocycles. The fourth-order valence-corrected chi connectivity index (χ4v) is 3.96. The molecule has 0 amide bonds. The molecule has 2 aliphatic rings. The van der Waals surface area contributed by atoms with Crippen LogP contribution in [0.1, 0.15) is 71.6 Å². The van der Waals surface area contributed by atoms with Crippen LogP contribution in [-0.4, -0.2) is 35.6 Å². The number of fused-ring (bicyclic) bond motifs is 1. The summed E-state index contributed by atoms with van der Waals surface area (Å²) in [6.45, 7) is 4.66. The first-order valence-corrected chi connectivity index (χ1v) is 8.19. The van der Waals surface area contributed by atoms with Gasteiger partial charge in [-0.2, -0.15) is 0 Å². The van der Waals surface area contributed by atoms with Gasteiger partial charge in [0.1, 0.15) is 0 Å². The quantitative estimate of drug-likeness (QED) is 0.690. The van der Waals surface area contributed by atoms with Crippen molar-refractivity contribution in [2.75, 3.05) is 6.61 Å². The van der Waals surface area contributed by atoms with E-state index >= 15 is 0 Å². The number of unbranched alkanes of at least 4 members (excludes halogenated alkanes) is 1. The van der Waals surface area contributed by atoms with Gasteiger partial charge in [-0.1, -0.05) is 26.2 Å². The largest absolute Gasteiger partial charge is 0.466 e. The van der Waals surface area contributed by atoms with Crippen molar-refractivity contribution in [3.63, 3.8) is 0 Å². The molecular formula is C16H29NO2. The van der Waals surface area contributed by atoms with E-state index in [2.05, 4.69) is 11.8 Å². The second kappa shape index (κ2) is 7.28.